The molecule has 0 rings (SSSR count). The van der Waals surface area contributed by atoms with E-state index in [2.05, 4.69) is 5.32 Å². The molecule has 0 aromatic carbocycles. The van der Waals surface area contributed by atoms with Crippen molar-refractivity contribution in [3.05, 3.63) is 12.3 Å². The van der Waals surface area contributed by atoms with E-state index in [1.807, 2.05) is 26.1 Å². The van der Waals surface area contributed by atoms with Crippen LogP contribution >= 0.6 is 0 Å². The van der Waals surface area contributed by atoms with Crippen molar-refractivity contribution in [2.75, 3.05) is 6.61 Å². The van der Waals surface area contributed by atoms with Gasteiger partial charge in [0, 0.05) is 6.04 Å². The van der Waals surface area contributed by atoms with E-state index < -0.39 is 0 Å². The summed E-state index contributed by atoms with van der Waals surface area (Å²) in [6.07, 6.45) is 4.73. The van der Waals surface area contributed by atoms with Gasteiger partial charge in [-0.15, -0.1) is 0 Å². The summed E-state index contributed by atoms with van der Waals surface area (Å²) in [4.78, 5) is 0. The fourth-order valence-electron chi connectivity index (χ4n) is 0.532. The van der Waals surface area contributed by atoms with Gasteiger partial charge in [-0.3, -0.25) is 0 Å². The molecule has 0 aliphatic carbocycles. The Morgan fingerprint density at radius 3 is 2.67 bits per heavy atom. The molecule has 0 spiro atoms. The van der Waals surface area contributed by atoms with Crippen molar-refractivity contribution >= 4 is 0 Å². The number of hydrogen-bond acceptors (Lipinski definition) is 2. The third-order valence-corrected chi connectivity index (χ3v) is 1.21. The summed E-state index contributed by atoms with van der Waals surface area (Å²) in [6, 6.07) is 0.223. The molecule has 54 valence electrons. The van der Waals surface area contributed by atoms with Gasteiger partial charge in [-0.05, 0) is 19.5 Å². The molecular formula is C7H15NO. The Bertz CT molecular complexity index is 77.0. The van der Waals surface area contributed by atoms with Crippen molar-refractivity contribution in [2.45, 2.75) is 26.3 Å². The minimum atomic E-state index is 0.209. The van der Waals surface area contributed by atoms with E-state index in [-0.39, 0.29) is 12.6 Å². The van der Waals surface area contributed by atoms with Crippen LogP contribution < -0.4 is 5.32 Å². The zero-order chi connectivity index (χ0) is 7.11. The summed E-state index contributed by atoms with van der Waals surface area (Å²) in [5.41, 5.74) is 0. The number of rotatable bonds is 4. The molecule has 2 heteroatoms. The number of aliphatic hydroxyl groups is 1. The monoisotopic (exact) mass is 129 g/mol. The van der Waals surface area contributed by atoms with Gasteiger partial charge in [0.2, 0.25) is 0 Å². The Morgan fingerprint density at radius 2 is 2.33 bits per heavy atom. The smallest absolute Gasteiger partial charge is 0.0632 e. The standard InChI is InChI=1S/C7H15NO/c1-3-5-8-7(4-2)6-9/h3,5,7-9H,4,6H2,1-2H3. The second-order valence-corrected chi connectivity index (χ2v) is 1.95. The van der Waals surface area contributed by atoms with Crippen molar-refractivity contribution in [3.8, 4) is 0 Å². The molecule has 0 aromatic heterocycles. The average molecular weight is 129 g/mol. The van der Waals surface area contributed by atoms with Gasteiger partial charge in [0.25, 0.3) is 0 Å². The number of aliphatic hydroxyl groups excluding tert-OH is 1. The fraction of sp³-hybridized carbons (Fsp3) is 0.714. The molecule has 2 nitrogen and oxygen atoms in total. The van der Waals surface area contributed by atoms with Crippen LogP contribution in [0.2, 0.25) is 0 Å². The largest absolute Gasteiger partial charge is 0.394 e. The molecule has 1 atom stereocenters. The lowest BCUT2D eigenvalue weighted by Gasteiger charge is -2.10. The summed E-state index contributed by atoms with van der Waals surface area (Å²) >= 11 is 0. The van der Waals surface area contributed by atoms with Crippen LogP contribution in [0.3, 0.4) is 0 Å². The molecule has 0 saturated heterocycles. The Labute approximate surface area is 56.6 Å². The second-order valence-electron chi connectivity index (χ2n) is 1.95. The topological polar surface area (TPSA) is 32.3 Å². The van der Waals surface area contributed by atoms with Gasteiger partial charge in [0.15, 0.2) is 0 Å². The Morgan fingerprint density at radius 1 is 1.67 bits per heavy atom. The lowest BCUT2D eigenvalue weighted by atomic mass is 10.2. The van der Waals surface area contributed by atoms with Gasteiger partial charge >= 0.3 is 0 Å². The van der Waals surface area contributed by atoms with Crippen LogP contribution in [-0.2, 0) is 0 Å². The van der Waals surface area contributed by atoms with Crippen LogP contribution in [0.15, 0.2) is 12.3 Å². The Kier molecular flexibility index (Phi) is 5.32. The lowest BCUT2D eigenvalue weighted by Crippen LogP contribution is -2.26. The predicted molar refractivity (Wildman–Crippen MR) is 39.1 cm³/mol. The molecule has 1 unspecified atom stereocenters. The van der Waals surface area contributed by atoms with Gasteiger partial charge in [0.1, 0.15) is 0 Å². The van der Waals surface area contributed by atoms with Crippen molar-refractivity contribution in [2.24, 2.45) is 0 Å². The van der Waals surface area contributed by atoms with E-state index in [9.17, 15) is 0 Å². The van der Waals surface area contributed by atoms with Gasteiger partial charge in [-0.1, -0.05) is 13.0 Å². The minimum absolute atomic E-state index is 0.209. The summed E-state index contributed by atoms with van der Waals surface area (Å²) in [6.45, 7) is 4.19. The van der Waals surface area contributed by atoms with Crippen LogP contribution in [-0.4, -0.2) is 17.8 Å². The first-order chi connectivity index (χ1) is 4.35. The van der Waals surface area contributed by atoms with Crippen LogP contribution in [0.25, 0.3) is 0 Å². The highest BCUT2D eigenvalue weighted by atomic mass is 16.3. The van der Waals surface area contributed by atoms with E-state index in [4.69, 9.17) is 5.11 Å². The zero-order valence-electron chi connectivity index (χ0n) is 6.09. The molecule has 0 fully saturated rings. The summed E-state index contributed by atoms with van der Waals surface area (Å²) in [5, 5.41) is 11.7. The fourth-order valence-corrected chi connectivity index (χ4v) is 0.532. The first kappa shape index (κ1) is 8.50. The summed E-state index contributed by atoms with van der Waals surface area (Å²) in [5.74, 6) is 0. The molecule has 0 saturated carbocycles. The molecule has 9 heavy (non-hydrogen) atoms. The quantitative estimate of drug-likeness (QED) is 0.590. The lowest BCUT2D eigenvalue weighted by molar-refractivity contribution is 0.249. The van der Waals surface area contributed by atoms with E-state index in [0.717, 1.165) is 6.42 Å². The second kappa shape index (κ2) is 5.63. The van der Waals surface area contributed by atoms with E-state index in [1.54, 1.807) is 0 Å². The maximum Gasteiger partial charge on any atom is 0.0632 e. The van der Waals surface area contributed by atoms with Crippen LogP contribution in [0.4, 0.5) is 0 Å². The molecule has 0 aromatic rings. The molecule has 0 bridgehead atoms. The van der Waals surface area contributed by atoms with Crippen LogP contribution in [0, 0.1) is 0 Å². The Hall–Kier alpha value is -0.500. The van der Waals surface area contributed by atoms with Crippen molar-refractivity contribution in [3.63, 3.8) is 0 Å². The highest BCUT2D eigenvalue weighted by Gasteiger charge is 1.97. The summed E-state index contributed by atoms with van der Waals surface area (Å²) < 4.78 is 0. The highest BCUT2D eigenvalue weighted by molar-refractivity contribution is 4.78. The van der Waals surface area contributed by atoms with E-state index in [0.29, 0.717) is 0 Å². The van der Waals surface area contributed by atoms with Crippen molar-refractivity contribution in [1.82, 2.24) is 5.32 Å². The highest BCUT2D eigenvalue weighted by Crippen LogP contribution is 1.87. The summed E-state index contributed by atoms with van der Waals surface area (Å²) in [7, 11) is 0. The third kappa shape index (κ3) is 4.03. The van der Waals surface area contributed by atoms with Crippen molar-refractivity contribution in [1.29, 1.82) is 0 Å². The molecule has 0 heterocycles. The first-order valence-corrected chi connectivity index (χ1v) is 3.33. The Balaban J connectivity index is 3.31. The molecule has 0 aliphatic rings. The number of allylic oxidation sites excluding steroid dienone is 1. The maximum atomic E-state index is 8.66. The van der Waals surface area contributed by atoms with E-state index >= 15 is 0 Å². The van der Waals surface area contributed by atoms with Crippen LogP contribution in [0.1, 0.15) is 20.3 Å². The van der Waals surface area contributed by atoms with Crippen LogP contribution in [0.5, 0.6) is 0 Å². The van der Waals surface area contributed by atoms with Gasteiger partial charge in [0.05, 0.1) is 6.61 Å². The zero-order valence-corrected chi connectivity index (χ0v) is 6.09. The molecular weight excluding hydrogens is 114 g/mol. The molecule has 0 aliphatic heterocycles. The SMILES string of the molecule is CC=CNC(CC)CO. The number of nitrogens with one attached hydrogen (secondary N) is 1. The molecule has 0 amide bonds. The van der Waals surface area contributed by atoms with Gasteiger partial charge < -0.3 is 10.4 Å². The average Bonchev–Trinajstić information content (AvgIpc) is 1.91. The predicted octanol–water partition coefficient (Wildman–Crippen LogP) is 0.881. The van der Waals surface area contributed by atoms with Gasteiger partial charge in [-0.2, -0.15) is 0 Å². The number of hydrogen-bond donors (Lipinski definition) is 2. The molecule has 2 N–H and O–H groups in total. The van der Waals surface area contributed by atoms with Gasteiger partial charge in [-0.25, -0.2) is 0 Å². The van der Waals surface area contributed by atoms with E-state index in [1.165, 1.54) is 0 Å². The minimum Gasteiger partial charge on any atom is -0.394 e. The first-order valence-electron chi connectivity index (χ1n) is 3.33. The third-order valence-electron chi connectivity index (χ3n) is 1.21. The molecule has 0 radical (unpaired) electrons. The van der Waals surface area contributed by atoms with Crippen molar-refractivity contribution < 1.29 is 5.11 Å². The maximum absolute atomic E-state index is 8.66. The normalized spacial score (nSPS) is 14.1.